The number of amides is 2. The highest BCUT2D eigenvalue weighted by Crippen LogP contribution is 2.31. The number of hydrogen-bond donors (Lipinski definition) is 1. The number of carbonyl (C=O) groups is 1. The van der Waals surface area contributed by atoms with E-state index >= 15 is 0 Å². The van der Waals surface area contributed by atoms with Gasteiger partial charge in [0.2, 0.25) is 0 Å². The van der Waals surface area contributed by atoms with Gasteiger partial charge in [0.1, 0.15) is 18.1 Å². The molecule has 1 atom stereocenters. The topological polar surface area (TPSA) is 54.0 Å². The maximum Gasteiger partial charge on any atom is 0.318 e. The number of carbonyl (C=O) groups excluding carboxylic acids is 1. The van der Waals surface area contributed by atoms with Gasteiger partial charge < -0.3 is 24.6 Å². The van der Waals surface area contributed by atoms with Gasteiger partial charge in [-0.05, 0) is 36.8 Å². The lowest BCUT2D eigenvalue weighted by Gasteiger charge is -2.25. The van der Waals surface area contributed by atoms with Crippen LogP contribution in [0.1, 0.15) is 18.0 Å². The Morgan fingerprint density at radius 1 is 1.07 bits per heavy atom. The average molecular weight is 367 g/mol. The lowest BCUT2D eigenvalue weighted by atomic mass is 10.1. The van der Waals surface area contributed by atoms with Crippen molar-refractivity contribution in [3.8, 4) is 11.5 Å². The molecule has 2 heterocycles. The van der Waals surface area contributed by atoms with Gasteiger partial charge in [0.25, 0.3) is 0 Å². The first-order valence-corrected chi connectivity index (χ1v) is 9.41. The van der Waals surface area contributed by atoms with Crippen LogP contribution in [-0.4, -0.2) is 50.8 Å². The summed E-state index contributed by atoms with van der Waals surface area (Å²) in [6, 6.07) is 15.9. The average Bonchev–Trinajstić information content (AvgIpc) is 2.95. The van der Waals surface area contributed by atoms with Crippen LogP contribution < -0.4 is 19.7 Å². The van der Waals surface area contributed by atoms with Gasteiger partial charge in [0.15, 0.2) is 0 Å². The number of urea groups is 1. The Bertz CT molecular complexity index is 794. The normalized spacial score (nSPS) is 19.1. The van der Waals surface area contributed by atoms with Crippen LogP contribution in [-0.2, 0) is 0 Å². The van der Waals surface area contributed by atoms with Crippen LogP contribution in [0, 0.1) is 0 Å². The van der Waals surface area contributed by atoms with Crippen LogP contribution in [0.4, 0.5) is 10.5 Å². The number of ether oxygens (including phenoxy) is 2. The molecule has 2 aliphatic rings. The van der Waals surface area contributed by atoms with Gasteiger partial charge in [-0.25, -0.2) is 4.79 Å². The summed E-state index contributed by atoms with van der Waals surface area (Å²) in [6.45, 7) is 3.71. The van der Waals surface area contributed by atoms with E-state index in [0.29, 0.717) is 13.2 Å². The minimum absolute atomic E-state index is 0.0168. The number of rotatable bonds is 3. The molecule has 0 spiro atoms. The summed E-state index contributed by atoms with van der Waals surface area (Å²) in [4.78, 5) is 17.0. The van der Waals surface area contributed by atoms with Crippen molar-refractivity contribution in [3.63, 3.8) is 0 Å². The van der Waals surface area contributed by atoms with Crippen LogP contribution >= 0.6 is 0 Å². The van der Waals surface area contributed by atoms with Crippen LogP contribution in [0.15, 0.2) is 48.5 Å². The standard InChI is InChI=1S/C21H25N3O3/c1-26-17-9-7-16(8-10-17)23-11-4-12-24(14-13-23)21(25)22-19-15-27-20-6-3-2-5-18(19)20/h2-3,5-10,19H,4,11-15H2,1H3,(H,22,25)/t19-/m1/s1. The fourth-order valence-corrected chi connectivity index (χ4v) is 3.69. The summed E-state index contributed by atoms with van der Waals surface area (Å²) >= 11 is 0. The zero-order valence-corrected chi connectivity index (χ0v) is 15.6. The van der Waals surface area contributed by atoms with Gasteiger partial charge in [-0.3, -0.25) is 0 Å². The molecule has 6 nitrogen and oxygen atoms in total. The lowest BCUT2D eigenvalue weighted by Crippen LogP contribution is -2.43. The monoisotopic (exact) mass is 367 g/mol. The Hall–Kier alpha value is -2.89. The summed E-state index contributed by atoms with van der Waals surface area (Å²) in [5.41, 5.74) is 2.22. The fraction of sp³-hybridized carbons (Fsp3) is 0.381. The Morgan fingerprint density at radius 3 is 2.70 bits per heavy atom. The molecule has 1 N–H and O–H groups in total. The molecule has 2 amide bonds. The Morgan fingerprint density at radius 2 is 1.89 bits per heavy atom. The summed E-state index contributed by atoms with van der Waals surface area (Å²) < 4.78 is 10.9. The second-order valence-electron chi connectivity index (χ2n) is 6.88. The maximum absolute atomic E-state index is 12.8. The first-order chi connectivity index (χ1) is 13.2. The Balaban J connectivity index is 1.36. The number of para-hydroxylation sites is 1. The largest absolute Gasteiger partial charge is 0.497 e. The van der Waals surface area contributed by atoms with Crippen molar-refractivity contribution in [1.29, 1.82) is 0 Å². The predicted octanol–water partition coefficient (Wildman–Crippen LogP) is 3.05. The molecule has 1 saturated heterocycles. The lowest BCUT2D eigenvalue weighted by molar-refractivity contribution is 0.193. The van der Waals surface area contributed by atoms with Gasteiger partial charge in [-0.15, -0.1) is 0 Å². The van der Waals surface area contributed by atoms with Crippen molar-refractivity contribution >= 4 is 11.7 Å². The van der Waals surface area contributed by atoms with E-state index in [1.165, 1.54) is 0 Å². The Labute approximate surface area is 159 Å². The molecule has 6 heteroatoms. The first kappa shape index (κ1) is 17.5. The van der Waals surface area contributed by atoms with Gasteiger partial charge in [0, 0.05) is 37.4 Å². The molecule has 142 valence electrons. The zero-order chi connectivity index (χ0) is 18.6. The van der Waals surface area contributed by atoms with E-state index in [9.17, 15) is 4.79 Å². The van der Waals surface area contributed by atoms with E-state index in [1.54, 1.807) is 7.11 Å². The molecule has 2 aromatic rings. The summed E-state index contributed by atoms with van der Waals surface area (Å²) in [7, 11) is 1.67. The number of methoxy groups -OCH3 is 1. The second kappa shape index (κ2) is 7.78. The summed E-state index contributed by atoms with van der Waals surface area (Å²) in [5.74, 6) is 1.72. The van der Waals surface area contributed by atoms with E-state index in [4.69, 9.17) is 9.47 Å². The van der Waals surface area contributed by atoms with E-state index in [2.05, 4.69) is 22.3 Å². The molecule has 0 unspecified atom stereocenters. The molecule has 27 heavy (non-hydrogen) atoms. The molecule has 4 rings (SSSR count). The minimum Gasteiger partial charge on any atom is -0.497 e. The molecular formula is C21H25N3O3. The fourth-order valence-electron chi connectivity index (χ4n) is 3.69. The number of fused-ring (bicyclic) bond motifs is 1. The number of benzene rings is 2. The van der Waals surface area contributed by atoms with Crippen molar-refractivity contribution in [2.45, 2.75) is 12.5 Å². The van der Waals surface area contributed by atoms with Crippen molar-refractivity contribution in [3.05, 3.63) is 54.1 Å². The summed E-state index contributed by atoms with van der Waals surface area (Å²) in [6.07, 6.45) is 0.942. The molecular weight excluding hydrogens is 342 g/mol. The van der Waals surface area contributed by atoms with Gasteiger partial charge in [-0.1, -0.05) is 18.2 Å². The maximum atomic E-state index is 12.8. The quantitative estimate of drug-likeness (QED) is 0.906. The van der Waals surface area contributed by atoms with E-state index < -0.39 is 0 Å². The highest BCUT2D eigenvalue weighted by molar-refractivity contribution is 5.75. The number of nitrogens with one attached hydrogen (secondary N) is 1. The molecule has 2 aliphatic heterocycles. The third kappa shape index (κ3) is 3.79. The molecule has 1 fully saturated rings. The third-order valence-corrected chi connectivity index (χ3v) is 5.22. The molecule has 0 bridgehead atoms. The van der Waals surface area contributed by atoms with Gasteiger partial charge in [0.05, 0.1) is 13.2 Å². The second-order valence-corrected chi connectivity index (χ2v) is 6.88. The molecule has 0 aliphatic carbocycles. The van der Waals surface area contributed by atoms with Crippen molar-refractivity contribution in [2.24, 2.45) is 0 Å². The van der Waals surface area contributed by atoms with Gasteiger partial charge >= 0.3 is 6.03 Å². The molecule has 2 aromatic carbocycles. The van der Waals surface area contributed by atoms with Crippen molar-refractivity contribution in [2.75, 3.05) is 44.8 Å². The van der Waals surface area contributed by atoms with Crippen LogP contribution in [0.3, 0.4) is 0 Å². The highest BCUT2D eigenvalue weighted by Gasteiger charge is 2.27. The molecule has 0 radical (unpaired) electrons. The zero-order valence-electron chi connectivity index (χ0n) is 15.6. The smallest absolute Gasteiger partial charge is 0.318 e. The third-order valence-electron chi connectivity index (χ3n) is 5.22. The number of hydrogen-bond acceptors (Lipinski definition) is 4. The van der Waals surface area contributed by atoms with E-state index in [-0.39, 0.29) is 12.1 Å². The predicted molar refractivity (Wildman–Crippen MR) is 105 cm³/mol. The van der Waals surface area contributed by atoms with E-state index in [0.717, 1.165) is 48.8 Å². The number of nitrogens with zero attached hydrogens (tertiary/aromatic N) is 2. The molecule has 0 saturated carbocycles. The highest BCUT2D eigenvalue weighted by atomic mass is 16.5. The minimum atomic E-state index is -0.0744. The number of anilines is 1. The Kier molecular flexibility index (Phi) is 5.05. The first-order valence-electron chi connectivity index (χ1n) is 9.41. The summed E-state index contributed by atoms with van der Waals surface area (Å²) in [5, 5.41) is 3.13. The molecule has 0 aromatic heterocycles. The van der Waals surface area contributed by atoms with Gasteiger partial charge in [-0.2, -0.15) is 0 Å². The van der Waals surface area contributed by atoms with Crippen LogP contribution in [0.5, 0.6) is 11.5 Å². The SMILES string of the molecule is COc1ccc(N2CCCN(C(=O)N[C@@H]3COc4ccccc43)CC2)cc1. The van der Waals surface area contributed by atoms with E-state index in [1.807, 2.05) is 41.3 Å². The van der Waals surface area contributed by atoms with Crippen molar-refractivity contribution in [1.82, 2.24) is 10.2 Å². The van der Waals surface area contributed by atoms with Crippen LogP contribution in [0.2, 0.25) is 0 Å². The van der Waals surface area contributed by atoms with Crippen molar-refractivity contribution < 1.29 is 14.3 Å². The van der Waals surface area contributed by atoms with Crippen LogP contribution in [0.25, 0.3) is 0 Å².